The third-order valence-electron chi connectivity index (χ3n) is 2.23. The van der Waals surface area contributed by atoms with Crippen molar-refractivity contribution in [2.24, 2.45) is 0 Å². The Morgan fingerprint density at radius 2 is 1.75 bits per heavy atom. The van der Waals surface area contributed by atoms with Crippen molar-refractivity contribution in [1.82, 2.24) is 5.32 Å². The largest absolute Gasteiger partial charge is 0.478 e. The highest BCUT2D eigenvalue weighted by molar-refractivity contribution is 6.07. The number of carboxylic acid groups (broad SMARTS) is 1. The summed E-state index contributed by atoms with van der Waals surface area (Å²) in [5.74, 6) is -1.87. The Labute approximate surface area is 92.3 Å². The number of rotatable bonds is 2. The summed E-state index contributed by atoms with van der Waals surface area (Å²) in [5.41, 5.74) is 0.985. The highest BCUT2D eigenvalue weighted by Gasteiger charge is 2.20. The van der Waals surface area contributed by atoms with Gasteiger partial charge in [0.2, 0.25) is 0 Å². The second-order valence-electron chi connectivity index (χ2n) is 3.32. The number of nitrogens with zero attached hydrogens (tertiary/aromatic N) is 1. The maximum absolute atomic E-state index is 11.5. The minimum absolute atomic E-state index is 0.0362. The van der Waals surface area contributed by atoms with E-state index in [2.05, 4.69) is 0 Å². The van der Waals surface area contributed by atoms with E-state index in [4.69, 9.17) is 10.4 Å². The van der Waals surface area contributed by atoms with Crippen LogP contribution in [0.2, 0.25) is 0 Å². The third kappa shape index (κ3) is 2.01. The van der Waals surface area contributed by atoms with Gasteiger partial charge in [-0.15, -0.1) is 0 Å². The zero-order valence-electron chi connectivity index (χ0n) is 8.87. The van der Waals surface area contributed by atoms with Gasteiger partial charge in [0, 0.05) is 0 Å². The molecule has 0 radical (unpaired) electrons. The highest BCUT2D eigenvalue weighted by atomic mass is 16.4. The van der Waals surface area contributed by atoms with Gasteiger partial charge in [-0.2, -0.15) is 5.26 Å². The Bertz CT molecular complexity index is 501. The van der Waals surface area contributed by atoms with E-state index < -0.39 is 11.9 Å². The minimum Gasteiger partial charge on any atom is -0.478 e. The molecule has 0 saturated carbocycles. The second kappa shape index (κ2) is 4.45. The van der Waals surface area contributed by atoms with E-state index in [0.29, 0.717) is 11.1 Å². The number of carbonyl (C=O) groups excluding carboxylic acids is 1. The maximum atomic E-state index is 11.5. The summed E-state index contributed by atoms with van der Waals surface area (Å²) in [6, 6.07) is 3.27. The summed E-state index contributed by atoms with van der Waals surface area (Å²) in [6.07, 6.45) is 1.49. The van der Waals surface area contributed by atoms with Crippen molar-refractivity contribution in [2.75, 3.05) is 0 Å². The Morgan fingerprint density at radius 1 is 1.25 bits per heavy atom. The van der Waals surface area contributed by atoms with Crippen molar-refractivity contribution in [1.29, 1.82) is 5.26 Å². The summed E-state index contributed by atoms with van der Waals surface area (Å²) >= 11 is 0. The van der Waals surface area contributed by atoms with Crippen LogP contribution >= 0.6 is 0 Å². The normalized spacial score (nSPS) is 9.31. The third-order valence-corrected chi connectivity index (χ3v) is 2.23. The first kappa shape index (κ1) is 11.7. The van der Waals surface area contributed by atoms with Crippen LogP contribution in [0, 0.1) is 25.3 Å². The lowest BCUT2D eigenvalue weighted by Crippen LogP contribution is -2.22. The molecule has 5 nitrogen and oxygen atoms in total. The van der Waals surface area contributed by atoms with Crippen molar-refractivity contribution in [3.05, 3.63) is 34.4 Å². The van der Waals surface area contributed by atoms with Gasteiger partial charge < -0.3 is 5.11 Å². The molecule has 2 N–H and O–H groups in total. The lowest BCUT2D eigenvalue weighted by atomic mass is 9.97. The number of carbonyl (C=O) groups is 2. The standard InChI is InChI=1S/C11H10N2O3/c1-6-3-4-7(2)9(11(15)16)8(6)10(14)13-5-12/h3-4H,1-2H3,(H,13,14)(H,15,16). The molecule has 5 heteroatoms. The molecular formula is C11H10N2O3. The summed E-state index contributed by atoms with van der Waals surface area (Å²) in [7, 11) is 0. The lowest BCUT2D eigenvalue weighted by molar-refractivity contribution is 0.0690. The molecule has 0 bridgehead atoms. The predicted octanol–water partition coefficient (Wildman–Crippen LogP) is 1.21. The van der Waals surface area contributed by atoms with Crippen molar-refractivity contribution in [3.8, 4) is 6.19 Å². The van der Waals surface area contributed by atoms with Gasteiger partial charge in [0.25, 0.3) is 5.91 Å². The topological polar surface area (TPSA) is 90.2 Å². The van der Waals surface area contributed by atoms with Gasteiger partial charge in [-0.3, -0.25) is 10.1 Å². The summed E-state index contributed by atoms with van der Waals surface area (Å²) in [6.45, 7) is 3.23. The average molecular weight is 218 g/mol. The molecule has 0 spiro atoms. The van der Waals surface area contributed by atoms with E-state index in [1.807, 2.05) is 5.32 Å². The van der Waals surface area contributed by atoms with Gasteiger partial charge in [-0.25, -0.2) is 4.79 Å². The Kier molecular flexibility index (Phi) is 3.26. The molecule has 0 aromatic heterocycles. The molecule has 1 aromatic carbocycles. The first-order valence-corrected chi connectivity index (χ1v) is 4.52. The maximum Gasteiger partial charge on any atom is 0.336 e. The van der Waals surface area contributed by atoms with Crippen molar-refractivity contribution < 1.29 is 14.7 Å². The van der Waals surface area contributed by atoms with Crippen LogP contribution in [0.5, 0.6) is 0 Å². The fourth-order valence-corrected chi connectivity index (χ4v) is 1.49. The van der Waals surface area contributed by atoms with Crippen LogP contribution in [0.4, 0.5) is 0 Å². The van der Waals surface area contributed by atoms with Gasteiger partial charge in [-0.05, 0) is 25.0 Å². The van der Waals surface area contributed by atoms with E-state index in [-0.39, 0.29) is 11.1 Å². The van der Waals surface area contributed by atoms with Crippen LogP contribution in [0.3, 0.4) is 0 Å². The van der Waals surface area contributed by atoms with E-state index in [0.717, 1.165) is 0 Å². The van der Waals surface area contributed by atoms with Crippen LogP contribution in [-0.4, -0.2) is 17.0 Å². The first-order chi connectivity index (χ1) is 7.49. The van der Waals surface area contributed by atoms with Crippen molar-refractivity contribution >= 4 is 11.9 Å². The van der Waals surface area contributed by atoms with Crippen molar-refractivity contribution in [3.63, 3.8) is 0 Å². The highest BCUT2D eigenvalue weighted by Crippen LogP contribution is 2.18. The first-order valence-electron chi connectivity index (χ1n) is 4.52. The molecule has 16 heavy (non-hydrogen) atoms. The molecule has 0 atom stereocenters. The zero-order chi connectivity index (χ0) is 12.3. The number of aryl methyl sites for hydroxylation is 2. The van der Waals surface area contributed by atoms with Crippen molar-refractivity contribution in [2.45, 2.75) is 13.8 Å². The molecule has 0 fully saturated rings. The van der Waals surface area contributed by atoms with E-state index in [9.17, 15) is 9.59 Å². The molecule has 0 aliphatic carbocycles. The number of nitriles is 1. The predicted molar refractivity (Wildman–Crippen MR) is 56.0 cm³/mol. The zero-order valence-corrected chi connectivity index (χ0v) is 8.87. The molecule has 0 heterocycles. The quantitative estimate of drug-likeness (QED) is 0.576. The molecule has 0 saturated heterocycles. The Hall–Kier alpha value is -2.35. The monoisotopic (exact) mass is 218 g/mol. The average Bonchev–Trinajstić information content (AvgIpc) is 2.20. The van der Waals surface area contributed by atoms with E-state index in [1.165, 1.54) is 6.19 Å². The minimum atomic E-state index is -1.18. The summed E-state index contributed by atoms with van der Waals surface area (Å²) in [4.78, 5) is 22.6. The molecule has 1 amide bonds. The van der Waals surface area contributed by atoms with Gasteiger partial charge >= 0.3 is 5.97 Å². The second-order valence-corrected chi connectivity index (χ2v) is 3.32. The summed E-state index contributed by atoms with van der Waals surface area (Å²) in [5, 5.41) is 19.3. The number of carboxylic acids is 1. The van der Waals surface area contributed by atoms with Crippen LogP contribution in [0.15, 0.2) is 12.1 Å². The molecule has 0 unspecified atom stereocenters. The fourth-order valence-electron chi connectivity index (χ4n) is 1.49. The Morgan fingerprint density at radius 3 is 2.19 bits per heavy atom. The summed E-state index contributed by atoms with van der Waals surface area (Å²) < 4.78 is 0. The SMILES string of the molecule is Cc1ccc(C)c(C(=O)NC#N)c1C(=O)O. The van der Waals surface area contributed by atoms with Crippen LogP contribution < -0.4 is 5.32 Å². The van der Waals surface area contributed by atoms with E-state index >= 15 is 0 Å². The number of hydrogen-bond donors (Lipinski definition) is 2. The molecule has 0 aliphatic rings. The molecule has 1 aromatic rings. The molecule has 1 rings (SSSR count). The molecule has 0 aliphatic heterocycles. The Balaban J connectivity index is 3.47. The van der Waals surface area contributed by atoms with Gasteiger partial charge in [-0.1, -0.05) is 12.1 Å². The number of aromatic carboxylic acids is 1. The van der Waals surface area contributed by atoms with Gasteiger partial charge in [0.05, 0.1) is 11.1 Å². The molecule has 82 valence electrons. The van der Waals surface area contributed by atoms with Gasteiger partial charge in [0.1, 0.15) is 0 Å². The van der Waals surface area contributed by atoms with Crippen LogP contribution in [0.25, 0.3) is 0 Å². The van der Waals surface area contributed by atoms with E-state index in [1.54, 1.807) is 26.0 Å². The molecular weight excluding hydrogens is 208 g/mol. The van der Waals surface area contributed by atoms with Crippen LogP contribution in [-0.2, 0) is 0 Å². The number of hydrogen-bond acceptors (Lipinski definition) is 3. The number of amides is 1. The van der Waals surface area contributed by atoms with Crippen LogP contribution in [0.1, 0.15) is 31.8 Å². The number of nitrogens with one attached hydrogen (secondary N) is 1. The fraction of sp³-hybridized carbons (Fsp3) is 0.182. The smallest absolute Gasteiger partial charge is 0.336 e. The lowest BCUT2D eigenvalue weighted by Gasteiger charge is -2.09. The van der Waals surface area contributed by atoms with Gasteiger partial charge in [0.15, 0.2) is 6.19 Å². The number of benzene rings is 1.